The number of nitrogens with one attached hydrogen (secondary N) is 1. The maximum absolute atomic E-state index is 10.1. The Balaban J connectivity index is 2.86. The predicted octanol–water partition coefficient (Wildman–Crippen LogP) is 1.55. The minimum Gasteiger partial charge on any atom is -0.356 e. The van der Waals surface area contributed by atoms with Crippen molar-refractivity contribution in [1.82, 2.24) is 4.98 Å². The van der Waals surface area contributed by atoms with Crippen molar-refractivity contribution in [1.29, 1.82) is 0 Å². The van der Waals surface area contributed by atoms with Crippen molar-refractivity contribution in [3.63, 3.8) is 0 Å². The third-order valence-corrected chi connectivity index (χ3v) is 1.71. The molecule has 3 heteroatoms. The summed E-state index contributed by atoms with van der Waals surface area (Å²) in [6, 6.07) is 1.82. The number of aromatic nitrogens is 1. The van der Waals surface area contributed by atoms with Crippen LogP contribution in [0.3, 0.4) is 0 Å². The molecule has 0 aromatic carbocycles. The molecule has 2 nitrogen and oxygen atoms in total. The van der Waals surface area contributed by atoms with Gasteiger partial charge in [-0.3, -0.25) is 4.79 Å². The van der Waals surface area contributed by atoms with Crippen molar-refractivity contribution in [2.75, 3.05) is 6.26 Å². The zero-order chi connectivity index (χ0) is 6.69. The third-order valence-electron chi connectivity index (χ3n) is 1.03. The van der Waals surface area contributed by atoms with Crippen LogP contribution in [0, 0.1) is 0 Å². The Hall–Kier alpha value is -0.700. The smallest absolute Gasteiger partial charge is 0.151 e. The summed E-state index contributed by atoms with van der Waals surface area (Å²) in [6.07, 6.45) is 4.48. The molecule has 0 aliphatic carbocycles. The molecule has 0 unspecified atom stereocenters. The largest absolute Gasteiger partial charge is 0.356 e. The first kappa shape index (κ1) is 6.42. The Morgan fingerprint density at radius 3 is 2.89 bits per heavy atom. The van der Waals surface area contributed by atoms with Gasteiger partial charge in [-0.1, -0.05) is 0 Å². The van der Waals surface area contributed by atoms with Crippen LogP contribution < -0.4 is 0 Å². The summed E-state index contributed by atoms with van der Waals surface area (Å²) in [7, 11) is 0. The van der Waals surface area contributed by atoms with Gasteiger partial charge < -0.3 is 4.98 Å². The van der Waals surface area contributed by atoms with Crippen LogP contribution in [0.5, 0.6) is 0 Å². The first-order valence-corrected chi connectivity index (χ1v) is 3.77. The second-order valence-corrected chi connectivity index (χ2v) is 2.47. The van der Waals surface area contributed by atoms with E-state index in [1.165, 1.54) is 0 Å². The van der Waals surface area contributed by atoms with Crippen molar-refractivity contribution in [2.45, 2.75) is 5.03 Å². The summed E-state index contributed by atoms with van der Waals surface area (Å²) in [5, 5.41) is 1.03. The predicted molar refractivity (Wildman–Crippen MR) is 38.0 cm³/mol. The van der Waals surface area contributed by atoms with E-state index in [0.29, 0.717) is 5.56 Å². The lowest BCUT2D eigenvalue weighted by Gasteiger charge is -1.81. The fourth-order valence-electron chi connectivity index (χ4n) is 0.575. The van der Waals surface area contributed by atoms with Gasteiger partial charge in [0.1, 0.15) is 0 Å². The number of aromatic amines is 1. The van der Waals surface area contributed by atoms with E-state index in [1.807, 2.05) is 12.3 Å². The quantitative estimate of drug-likeness (QED) is 0.500. The molecule has 48 valence electrons. The molecule has 0 radical (unpaired) electrons. The van der Waals surface area contributed by atoms with Crippen LogP contribution >= 0.6 is 11.8 Å². The van der Waals surface area contributed by atoms with Crippen molar-refractivity contribution >= 4 is 18.0 Å². The van der Waals surface area contributed by atoms with E-state index < -0.39 is 0 Å². The average Bonchev–Trinajstić information content (AvgIpc) is 2.34. The highest BCUT2D eigenvalue weighted by Gasteiger charge is 1.93. The number of thioether (sulfide) groups is 1. The lowest BCUT2D eigenvalue weighted by atomic mass is 10.4. The van der Waals surface area contributed by atoms with Crippen LogP contribution in [-0.2, 0) is 0 Å². The lowest BCUT2D eigenvalue weighted by molar-refractivity contribution is 0.112. The molecule has 0 amide bonds. The van der Waals surface area contributed by atoms with Crippen LogP contribution in [0.4, 0.5) is 0 Å². The average molecular weight is 141 g/mol. The van der Waals surface area contributed by atoms with Gasteiger partial charge in [-0.25, -0.2) is 0 Å². The maximum Gasteiger partial charge on any atom is 0.151 e. The Kier molecular flexibility index (Phi) is 1.95. The van der Waals surface area contributed by atoms with Gasteiger partial charge in [-0.15, -0.1) is 11.8 Å². The zero-order valence-electron chi connectivity index (χ0n) is 5.05. The lowest BCUT2D eigenvalue weighted by Crippen LogP contribution is -1.66. The topological polar surface area (TPSA) is 32.9 Å². The van der Waals surface area contributed by atoms with Crippen molar-refractivity contribution < 1.29 is 4.79 Å². The Morgan fingerprint density at radius 2 is 2.56 bits per heavy atom. The molecule has 0 atom stereocenters. The van der Waals surface area contributed by atoms with Gasteiger partial charge in [0.25, 0.3) is 0 Å². The fourth-order valence-corrected chi connectivity index (χ4v) is 1.01. The molecule has 1 aromatic rings. The van der Waals surface area contributed by atoms with E-state index in [4.69, 9.17) is 0 Å². The minimum absolute atomic E-state index is 0.708. The standard InChI is InChI=1S/C6H7NOS/c1-9-6-2-5(4-8)3-7-6/h2-4,7H,1H3. The highest BCUT2D eigenvalue weighted by Crippen LogP contribution is 2.12. The number of carbonyl (C=O) groups excluding carboxylic acids is 1. The molecule has 0 aliphatic heterocycles. The first-order chi connectivity index (χ1) is 4.36. The van der Waals surface area contributed by atoms with Gasteiger partial charge >= 0.3 is 0 Å². The summed E-state index contributed by atoms with van der Waals surface area (Å²) in [5.41, 5.74) is 0.708. The molecule has 0 saturated heterocycles. The van der Waals surface area contributed by atoms with E-state index in [9.17, 15) is 4.79 Å². The molecule has 9 heavy (non-hydrogen) atoms. The molecule has 1 rings (SSSR count). The Morgan fingerprint density at radius 1 is 1.78 bits per heavy atom. The fraction of sp³-hybridized carbons (Fsp3) is 0.167. The molecule has 0 bridgehead atoms. The van der Waals surface area contributed by atoms with Crippen LogP contribution in [0.1, 0.15) is 10.4 Å². The maximum atomic E-state index is 10.1. The van der Waals surface area contributed by atoms with Gasteiger partial charge in [0.2, 0.25) is 0 Å². The number of aldehydes is 1. The normalized spacial score (nSPS) is 9.44. The van der Waals surface area contributed by atoms with Gasteiger partial charge in [-0.05, 0) is 12.3 Å². The molecular formula is C6H7NOS. The monoisotopic (exact) mass is 141 g/mol. The number of hydrogen-bond donors (Lipinski definition) is 1. The summed E-state index contributed by atoms with van der Waals surface area (Å²) < 4.78 is 0. The van der Waals surface area contributed by atoms with Crippen molar-refractivity contribution in [3.8, 4) is 0 Å². The Bertz CT molecular complexity index is 207. The Labute approximate surface area is 57.7 Å². The van der Waals surface area contributed by atoms with Gasteiger partial charge in [0, 0.05) is 11.8 Å². The number of H-pyrrole nitrogens is 1. The van der Waals surface area contributed by atoms with E-state index in [1.54, 1.807) is 18.0 Å². The number of carbonyl (C=O) groups is 1. The van der Waals surface area contributed by atoms with E-state index in [2.05, 4.69) is 4.98 Å². The molecule has 0 fully saturated rings. The van der Waals surface area contributed by atoms with Crippen molar-refractivity contribution in [3.05, 3.63) is 17.8 Å². The zero-order valence-corrected chi connectivity index (χ0v) is 5.87. The van der Waals surface area contributed by atoms with Crippen LogP contribution in [0.15, 0.2) is 17.3 Å². The molecule has 0 aliphatic rings. The summed E-state index contributed by atoms with van der Waals surface area (Å²) in [4.78, 5) is 13.0. The molecule has 0 spiro atoms. The second-order valence-electron chi connectivity index (χ2n) is 1.62. The van der Waals surface area contributed by atoms with Crippen LogP contribution in [0.2, 0.25) is 0 Å². The van der Waals surface area contributed by atoms with Gasteiger partial charge in [0.15, 0.2) is 6.29 Å². The highest BCUT2D eigenvalue weighted by atomic mass is 32.2. The second kappa shape index (κ2) is 2.73. The van der Waals surface area contributed by atoms with E-state index >= 15 is 0 Å². The molecule has 1 N–H and O–H groups in total. The molecule has 1 aromatic heterocycles. The summed E-state index contributed by atoms with van der Waals surface area (Å²) >= 11 is 1.59. The molecule has 0 saturated carbocycles. The van der Waals surface area contributed by atoms with Gasteiger partial charge in [-0.2, -0.15) is 0 Å². The van der Waals surface area contributed by atoms with Crippen LogP contribution in [0.25, 0.3) is 0 Å². The summed E-state index contributed by atoms with van der Waals surface area (Å²) in [5.74, 6) is 0. The molecule has 1 heterocycles. The molecular weight excluding hydrogens is 134 g/mol. The first-order valence-electron chi connectivity index (χ1n) is 2.54. The number of hydrogen-bond acceptors (Lipinski definition) is 2. The number of rotatable bonds is 2. The van der Waals surface area contributed by atoms with Crippen LogP contribution in [-0.4, -0.2) is 17.5 Å². The SMILES string of the molecule is CSc1cc(C=O)c[nH]1. The van der Waals surface area contributed by atoms with E-state index in [-0.39, 0.29) is 0 Å². The summed E-state index contributed by atoms with van der Waals surface area (Å²) in [6.45, 7) is 0. The van der Waals surface area contributed by atoms with Crippen molar-refractivity contribution in [2.24, 2.45) is 0 Å². The third kappa shape index (κ3) is 1.36. The highest BCUT2D eigenvalue weighted by molar-refractivity contribution is 7.98. The van der Waals surface area contributed by atoms with Gasteiger partial charge in [0.05, 0.1) is 5.03 Å². The minimum atomic E-state index is 0.708. The van der Waals surface area contributed by atoms with E-state index in [0.717, 1.165) is 11.3 Å².